The van der Waals surface area contributed by atoms with Crippen molar-refractivity contribution in [1.82, 2.24) is 19.6 Å². The maximum atomic E-state index is 12.7. The SMILES string of the molecule is Cc1nn(Cc2csc(C(=O)Nc3nn(Cc4ccccc4Cl)cc3Br)c2)c(C)c1Cl. The second kappa shape index (κ2) is 9.16. The predicted molar refractivity (Wildman–Crippen MR) is 129 cm³/mol. The maximum absolute atomic E-state index is 12.7. The fourth-order valence-electron chi connectivity index (χ4n) is 3.11. The van der Waals surface area contributed by atoms with Crippen LogP contribution in [0, 0.1) is 13.8 Å². The Bertz CT molecular complexity index is 1260. The van der Waals surface area contributed by atoms with Gasteiger partial charge >= 0.3 is 0 Å². The maximum Gasteiger partial charge on any atom is 0.266 e. The number of amides is 1. The minimum Gasteiger partial charge on any atom is -0.303 e. The molecule has 0 saturated carbocycles. The summed E-state index contributed by atoms with van der Waals surface area (Å²) < 4.78 is 4.27. The number of halogens is 3. The lowest BCUT2D eigenvalue weighted by atomic mass is 10.2. The van der Waals surface area contributed by atoms with Crippen LogP contribution in [0.1, 0.15) is 32.2 Å². The fourth-order valence-corrected chi connectivity index (χ4v) is 4.66. The van der Waals surface area contributed by atoms with Crippen molar-refractivity contribution in [3.8, 4) is 0 Å². The monoisotopic (exact) mass is 537 g/mol. The summed E-state index contributed by atoms with van der Waals surface area (Å²) in [4.78, 5) is 13.3. The molecule has 0 unspecified atom stereocenters. The van der Waals surface area contributed by atoms with E-state index in [0.29, 0.717) is 38.3 Å². The van der Waals surface area contributed by atoms with Crippen molar-refractivity contribution in [2.45, 2.75) is 26.9 Å². The molecule has 1 amide bonds. The molecule has 0 aliphatic rings. The van der Waals surface area contributed by atoms with Gasteiger partial charge in [-0.25, -0.2) is 0 Å². The van der Waals surface area contributed by atoms with Gasteiger partial charge in [-0.3, -0.25) is 14.2 Å². The summed E-state index contributed by atoms with van der Waals surface area (Å²) in [7, 11) is 0. The zero-order valence-electron chi connectivity index (χ0n) is 16.7. The number of thiophene rings is 1. The highest BCUT2D eigenvalue weighted by Gasteiger charge is 2.16. The van der Waals surface area contributed by atoms with Crippen LogP contribution < -0.4 is 5.32 Å². The first-order valence-corrected chi connectivity index (χ1v) is 11.8. The number of carbonyl (C=O) groups is 1. The van der Waals surface area contributed by atoms with Crippen LogP contribution in [0.15, 0.2) is 46.4 Å². The Morgan fingerprint density at radius 2 is 1.97 bits per heavy atom. The number of aromatic nitrogens is 4. The molecule has 0 aliphatic heterocycles. The van der Waals surface area contributed by atoms with Crippen LogP contribution in [0.2, 0.25) is 10.0 Å². The first kappa shape index (κ1) is 22.1. The van der Waals surface area contributed by atoms with Gasteiger partial charge in [-0.1, -0.05) is 41.4 Å². The lowest BCUT2D eigenvalue weighted by Crippen LogP contribution is -2.12. The Morgan fingerprint density at radius 1 is 1.19 bits per heavy atom. The van der Waals surface area contributed by atoms with Crippen molar-refractivity contribution in [3.63, 3.8) is 0 Å². The van der Waals surface area contributed by atoms with Gasteiger partial charge in [0.05, 0.1) is 38.8 Å². The highest BCUT2D eigenvalue weighted by atomic mass is 79.9. The van der Waals surface area contributed by atoms with Gasteiger partial charge in [-0.15, -0.1) is 11.3 Å². The number of nitrogens with one attached hydrogen (secondary N) is 1. The number of nitrogens with zero attached hydrogens (tertiary/aromatic N) is 4. The molecule has 10 heteroatoms. The van der Waals surface area contributed by atoms with Gasteiger partial charge in [0, 0.05) is 11.2 Å². The third-order valence-corrected chi connectivity index (χ3v) is 7.22. The molecule has 0 saturated heterocycles. The standard InChI is InChI=1S/C21H18BrCl2N5OS/c1-12-19(24)13(2)29(26-12)8-14-7-18(31-11-14)21(30)25-20-16(22)10-28(27-20)9-15-5-3-4-6-17(15)23/h3-7,10-11H,8-9H2,1-2H3,(H,25,27,30). The van der Waals surface area contributed by atoms with Gasteiger partial charge in [0.15, 0.2) is 5.82 Å². The largest absolute Gasteiger partial charge is 0.303 e. The molecule has 0 bridgehead atoms. The van der Waals surface area contributed by atoms with E-state index in [2.05, 4.69) is 31.4 Å². The fraction of sp³-hybridized carbons (Fsp3) is 0.190. The molecule has 0 spiro atoms. The summed E-state index contributed by atoms with van der Waals surface area (Å²) in [5, 5.41) is 15.1. The molecule has 31 heavy (non-hydrogen) atoms. The Hall–Kier alpha value is -2.13. The molecular weight excluding hydrogens is 521 g/mol. The number of anilines is 1. The Balaban J connectivity index is 1.45. The molecule has 4 rings (SSSR count). The molecule has 1 N–H and O–H groups in total. The van der Waals surface area contributed by atoms with Crippen LogP contribution in [0.3, 0.4) is 0 Å². The Labute approximate surface area is 201 Å². The van der Waals surface area contributed by atoms with Crippen molar-refractivity contribution in [2.24, 2.45) is 0 Å². The summed E-state index contributed by atoms with van der Waals surface area (Å²) in [6, 6.07) is 9.46. The van der Waals surface area contributed by atoms with Crippen molar-refractivity contribution in [2.75, 3.05) is 5.32 Å². The smallest absolute Gasteiger partial charge is 0.266 e. The molecule has 0 atom stereocenters. The Kier molecular flexibility index (Phi) is 6.52. The normalized spacial score (nSPS) is 11.1. The van der Waals surface area contributed by atoms with Crippen LogP contribution in [-0.2, 0) is 13.1 Å². The summed E-state index contributed by atoms with van der Waals surface area (Å²) in [6.07, 6.45) is 1.81. The predicted octanol–water partition coefficient (Wildman–Crippen LogP) is 6.18. The zero-order chi connectivity index (χ0) is 22.1. The number of hydrogen-bond acceptors (Lipinski definition) is 4. The zero-order valence-corrected chi connectivity index (χ0v) is 20.6. The highest BCUT2D eigenvalue weighted by Crippen LogP contribution is 2.25. The first-order valence-electron chi connectivity index (χ1n) is 9.36. The molecule has 160 valence electrons. The minimum atomic E-state index is -0.216. The molecule has 4 aromatic rings. The second-order valence-electron chi connectivity index (χ2n) is 7.03. The van der Waals surface area contributed by atoms with Crippen molar-refractivity contribution < 1.29 is 4.79 Å². The van der Waals surface area contributed by atoms with E-state index in [0.717, 1.165) is 22.5 Å². The van der Waals surface area contributed by atoms with Gasteiger partial charge in [0.2, 0.25) is 0 Å². The van der Waals surface area contributed by atoms with Gasteiger partial charge in [-0.2, -0.15) is 10.2 Å². The molecule has 6 nitrogen and oxygen atoms in total. The highest BCUT2D eigenvalue weighted by molar-refractivity contribution is 9.10. The molecular formula is C21H18BrCl2N5OS. The van der Waals surface area contributed by atoms with Crippen molar-refractivity contribution in [3.05, 3.63) is 83.8 Å². The van der Waals surface area contributed by atoms with Gasteiger partial charge in [0.25, 0.3) is 5.91 Å². The van der Waals surface area contributed by atoms with E-state index in [1.807, 2.05) is 60.4 Å². The number of hydrogen-bond donors (Lipinski definition) is 1. The van der Waals surface area contributed by atoms with E-state index in [1.165, 1.54) is 11.3 Å². The molecule has 1 aromatic carbocycles. The minimum absolute atomic E-state index is 0.216. The summed E-state index contributed by atoms with van der Waals surface area (Å²) in [6.45, 7) is 4.86. The van der Waals surface area contributed by atoms with Gasteiger partial charge in [0.1, 0.15) is 0 Å². The van der Waals surface area contributed by atoms with Crippen LogP contribution in [0.25, 0.3) is 0 Å². The van der Waals surface area contributed by atoms with E-state index in [4.69, 9.17) is 23.2 Å². The van der Waals surface area contributed by atoms with Crippen LogP contribution in [0.4, 0.5) is 5.82 Å². The molecule has 0 aliphatic carbocycles. The van der Waals surface area contributed by atoms with Gasteiger partial charge < -0.3 is 5.32 Å². The quantitative estimate of drug-likeness (QED) is 0.319. The van der Waals surface area contributed by atoms with Crippen molar-refractivity contribution in [1.29, 1.82) is 0 Å². The third kappa shape index (κ3) is 4.87. The average molecular weight is 539 g/mol. The number of carbonyl (C=O) groups excluding carboxylic acids is 1. The van der Waals surface area contributed by atoms with E-state index in [-0.39, 0.29) is 5.91 Å². The summed E-state index contributed by atoms with van der Waals surface area (Å²) in [5.74, 6) is 0.240. The summed E-state index contributed by atoms with van der Waals surface area (Å²) >= 11 is 17.3. The lowest BCUT2D eigenvalue weighted by molar-refractivity contribution is 0.103. The van der Waals surface area contributed by atoms with E-state index in [9.17, 15) is 4.79 Å². The van der Waals surface area contributed by atoms with Crippen LogP contribution in [-0.4, -0.2) is 25.5 Å². The van der Waals surface area contributed by atoms with Crippen LogP contribution >= 0.6 is 50.5 Å². The van der Waals surface area contributed by atoms with E-state index >= 15 is 0 Å². The first-order chi connectivity index (χ1) is 14.8. The summed E-state index contributed by atoms with van der Waals surface area (Å²) in [5.41, 5.74) is 3.64. The van der Waals surface area contributed by atoms with Crippen LogP contribution in [0.5, 0.6) is 0 Å². The molecule has 3 aromatic heterocycles. The van der Waals surface area contributed by atoms with Crippen molar-refractivity contribution >= 4 is 62.2 Å². The molecule has 3 heterocycles. The lowest BCUT2D eigenvalue weighted by Gasteiger charge is -2.04. The average Bonchev–Trinajstić information content (AvgIpc) is 3.40. The topological polar surface area (TPSA) is 64.7 Å². The van der Waals surface area contributed by atoms with Gasteiger partial charge in [-0.05, 0) is 58.4 Å². The van der Waals surface area contributed by atoms with E-state index < -0.39 is 0 Å². The van der Waals surface area contributed by atoms with E-state index in [1.54, 1.807) is 4.68 Å². The number of aryl methyl sites for hydroxylation is 1. The third-order valence-electron chi connectivity index (χ3n) is 4.74. The molecule has 0 radical (unpaired) electrons. The molecule has 0 fully saturated rings. The Morgan fingerprint density at radius 3 is 2.68 bits per heavy atom. The number of benzene rings is 1. The number of rotatable bonds is 6. The second-order valence-corrected chi connectivity index (χ2v) is 9.58.